The van der Waals surface area contributed by atoms with E-state index in [9.17, 15) is 0 Å². The lowest BCUT2D eigenvalue weighted by Crippen LogP contribution is -2.18. The maximum atomic E-state index is 6.33. The van der Waals surface area contributed by atoms with Gasteiger partial charge in [-0.1, -0.05) is 63.6 Å². The summed E-state index contributed by atoms with van der Waals surface area (Å²) in [6.45, 7) is 9.99. The number of pyridine rings is 1. The van der Waals surface area contributed by atoms with Gasteiger partial charge < -0.3 is 14.2 Å². The number of unbranched alkanes of at least 4 members (excludes halogenated alkanes) is 1. The van der Waals surface area contributed by atoms with Crippen molar-refractivity contribution in [2.45, 2.75) is 53.0 Å². The van der Waals surface area contributed by atoms with Crippen molar-refractivity contribution in [3.8, 4) is 11.5 Å². The van der Waals surface area contributed by atoms with Crippen molar-refractivity contribution in [3.05, 3.63) is 59.4 Å². The highest BCUT2D eigenvalue weighted by Gasteiger charge is 2.28. The van der Waals surface area contributed by atoms with Crippen LogP contribution < -0.4 is 9.47 Å². The van der Waals surface area contributed by atoms with E-state index in [0.717, 1.165) is 54.3 Å². The third-order valence-corrected chi connectivity index (χ3v) is 6.40. The van der Waals surface area contributed by atoms with Gasteiger partial charge in [-0.25, -0.2) is 4.98 Å². The van der Waals surface area contributed by atoms with E-state index in [4.69, 9.17) is 24.2 Å². The summed E-state index contributed by atoms with van der Waals surface area (Å²) >= 11 is 0. The Morgan fingerprint density at radius 1 is 1.18 bits per heavy atom. The van der Waals surface area contributed by atoms with Crippen LogP contribution in [0.4, 0.5) is 0 Å². The topological polar surface area (TPSA) is 52.9 Å². The Kier molecular flexibility index (Phi) is 8.16. The van der Waals surface area contributed by atoms with Crippen molar-refractivity contribution in [2.24, 2.45) is 16.8 Å². The van der Waals surface area contributed by atoms with Crippen molar-refractivity contribution in [1.29, 1.82) is 0 Å². The van der Waals surface area contributed by atoms with E-state index in [1.54, 1.807) is 0 Å². The Morgan fingerprint density at radius 3 is 2.76 bits per heavy atom. The molecular formula is C28H36N2O3. The molecule has 33 heavy (non-hydrogen) atoms. The number of aliphatic imine (C=N–C) groups is 1. The summed E-state index contributed by atoms with van der Waals surface area (Å²) < 4.78 is 18.1. The highest BCUT2D eigenvalue weighted by molar-refractivity contribution is 6.02. The molecule has 0 fully saturated rings. The van der Waals surface area contributed by atoms with Gasteiger partial charge in [0.25, 0.3) is 0 Å². The van der Waals surface area contributed by atoms with Crippen molar-refractivity contribution < 1.29 is 14.2 Å². The SMILES string of the molecule is CCCCOc1cc2c(nc1C1=CCOCC1)C(=NCc1ccccc1)CC(C(C)C)CO2. The van der Waals surface area contributed by atoms with Crippen LogP contribution in [0.15, 0.2) is 47.5 Å². The Balaban J connectivity index is 1.75. The molecule has 1 aromatic carbocycles. The molecule has 0 N–H and O–H groups in total. The second kappa shape index (κ2) is 11.5. The van der Waals surface area contributed by atoms with E-state index in [1.807, 2.05) is 12.1 Å². The van der Waals surface area contributed by atoms with E-state index in [-0.39, 0.29) is 0 Å². The Labute approximate surface area is 197 Å². The molecule has 0 aliphatic carbocycles. The van der Waals surface area contributed by atoms with Crippen LogP contribution in [0.5, 0.6) is 11.5 Å². The summed E-state index contributed by atoms with van der Waals surface area (Å²) in [5.41, 5.74) is 5.18. The first-order chi connectivity index (χ1) is 16.2. The van der Waals surface area contributed by atoms with Gasteiger partial charge in [-0.15, -0.1) is 0 Å². The molecule has 5 heteroatoms. The molecule has 0 radical (unpaired) electrons. The molecule has 5 nitrogen and oxygen atoms in total. The van der Waals surface area contributed by atoms with Crippen molar-refractivity contribution in [1.82, 2.24) is 4.98 Å². The minimum absolute atomic E-state index is 0.393. The number of hydrogen-bond donors (Lipinski definition) is 0. The van der Waals surface area contributed by atoms with Gasteiger partial charge in [0.2, 0.25) is 0 Å². The third-order valence-electron chi connectivity index (χ3n) is 6.40. The van der Waals surface area contributed by atoms with Crippen molar-refractivity contribution in [3.63, 3.8) is 0 Å². The highest BCUT2D eigenvalue weighted by atomic mass is 16.5. The van der Waals surface area contributed by atoms with Gasteiger partial charge in [0.05, 0.1) is 38.7 Å². The summed E-state index contributed by atoms with van der Waals surface area (Å²) in [4.78, 5) is 10.2. The van der Waals surface area contributed by atoms with Crippen LogP contribution in [-0.2, 0) is 11.3 Å². The zero-order valence-corrected chi connectivity index (χ0v) is 20.2. The monoisotopic (exact) mass is 448 g/mol. The number of ether oxygens (including phenoxy) is 3. The van der Waals surface area contributed by atoms with Crippen LogP contribution in [0.3, 0.4) is 0 Å². The quantitative estimate of drug-likeness (QED) is 0.457. The zero-order chi connectivity index (χ0) is 23.0. The molecule has 0 spiro atoms. The van der Waals surface area contributed by atoms with Crippen molar-refractivity contribution >= 4 is 11.3 Å². The maximum absolute atomic E-state index is 6.33. The third kappa shape index (κ3) is 6.02. The van der Waals surface area contributed by atoms with Gasteiger partial charge >= 0.3 is 0 Å². The summed E-state index contributed by atoms with van der Waals surface area (Å²) in [5, 5.41) is 0. The Morgan fingerprint density at radius 2 is 2.03 bits per heavy atom. The predicted molar refractivity (Wildman–Crippen MR) is 133 cm³/mol. The van der Waals surface area contributed by atoms with Gasteiger partial charge in [0.1, 0.15) is 17.1 Å². The molecule has 2 aliphatic heterocycles. The van der Waals surface area contributed by atoms with Gasteiger partial charge in [-0.3, -0.25) is 4.99 Å². The molecular weight excluding hydrogens is 412 g/mol. The molecule has 2 aromatic rings. The molecule has 0 saturated heterocycles. The van der Waals surface area contributed by atoms with Gasteiger partial charge in [0, 0.05) is 12.0 Å². The second-order valence-electron chi connectivity index (χ2n) is 9.21. The van der Waals surface area contributed by atoms with Gasteiger partial charge in [-0.05, 0) is 36.3 Å². The average molecular weight is 449 g/mol. The summed E-state index contributed by atoms with van der Waals surface area (Å²) in [6.07, 6.45) is 5.93. The minimum Gasteiger partial charge on any atom is -0.491 e. The molecule has 2 aliphatic rings. The molecule has 0 bridgehead atoms. The lowest BCUT2D eigenvalue weighted by molar-refractivity contribution is 0.161. The Hall–Kier alpha value is -2.66. The molecule has 0 saturated carbocycles. The van der Waals surface area contributed by atoms with Crippen LogP contribution in [0.25, 0.3) is 5.57 Å². The summed E-state index contributed by atoms with van der Waals surface area (Å²) in [7, 11) is 0. The lowest BCUT2D eigenvalue weighted by atomic mass is 9.90. The Bertz CT molecular complexity index is 982. The van der Waals surface area contributed by atoms with Crippen LogP contribution in [0, 0.1) is 11.8 Å². The maximum Gasteiger partial charge on any atom is 0.150 e. The van der Waals surface area contributed by atoms with E-state index < -0.39 is 0 Å². The largest absolute Gasteiger partial charge is 0.491 e. The summed E-state index contributed by atoms with van der Waals surface area (Å²) in [6, 6.07) is 12.4. The molecule has 1 atom stereocenters. The number of benzene rings is 1. The first-order valence-corrected chi connectivity index (χ1v) is 12.3. The highest BCUT2D eigenvalue weighted by Crippen LogP contribution is 2.37. The number of nitrogens with zero attached hydrogens (tertiary/aromatic N) is 2. The molecule has 3 heterocycles. The van der Waals surface area contributed by atoms with Crippen LogP contribution in [-0.4, -0.2) is 37.1 Å². The fourth-order valence-electron chi connectivity index (χ4n) is 4.14. The number of rotatable bonds is 8. The number of fused-ring (bicyclic) bond motifs is 1. The van der Waals surface area contributed by atoms with E-state index >= 15 is 0 Å². The zero-order valence-electron chi connectivity index (χ0n) is 20.2. The standard InChI is InChI=1S/C28H36N2O3/c1-4-5-13-32-25-17-26-28(30-27(25)22-11-14-31-15-12-22)24(16-23(19-33-26)20(2)3)29-18-21-9-7-6-8-10-21/h6-11,17,20,23H,4-5,12-16,18-19H2,1-3H3. The molecule has 1 aromatic heterocycles. The average Bonchev–Trinajstić information content (AvgIpc) is 3.03. The van der Waals surface area contributed by atoms with Crippen LogP contribution >= 0.6 is 0 Å². The normalized spacial score (nSPS) is 19.6. The van der Waals surface area contributed by atoms with Crippen LogP contribution in [0.2, 0.25) is 0 Å². The van der Waals surface area contributed by atoms with E-state index in [1.165, 1.54) is 11.1 Å². The first-order valence-electron chi connectivity index (χ1n) is 12.3. The van der Waals surface area contributed by atoms with Crippen LogP contribution in [0.1, 0.15) is 63.4 Å². The molecule has 0 amide bonds. The van der Waals surface area contributed by atoms with Crippen molar-refractivity contribution in [2.75, 3.05) is 26.4 Å². The predicted octanol–water partition coefficient (Wildman–Crippen LogP) is 6.11. The smallest absolute Gasteiger partial charge is 0.150 e. The first kappa shape index (κ1) is 23.5. The molecule has 176 valence electrons. The fourth-order valence-corrected chi connectivity index (χ4v) is 4.14. The van der Waals surface area contributed by atoms with E-state index in [2.05, 4.69) is 51.1 Å². The summed E-state index contributed by atoms with van der Waals surface area (Å²) in [5.74, 6) is 2.48. The van der Waals surface area contributed by atoms with E-state index in [0.29, 0.717) is 44.8 Å². The number of aromatic nitrogens is 1. The van der Waals surface area contributed by atoms with Gasteiger partial charge in [-0.2, -0.15) is 0 Å². The molecule has 1 unspecified atom stereocenters. The minimum atomic E-state index is 0.393. The second-order valence-corrected chi connectivity index (χ2v) is 9.21. The fraction of sp³-hybridized carbons (Fsp3) is 0.500. The van der Waals surface area contributed by atoms with Gasteiger partial charge in [0.15, 0.2) is 5.75 Å². The molecule has 4 rings (SSSR count). The number of hydrogen-bond acceptors (Lipinski definition) is 5. The lowest BCUT2D eigenvalue weighted by Gasteiger charge is -2.19.